The smallest absolute Gasteiger partial charge is 0.123 e. The average molecular weight is 327 g/mol. The van der Waals surface area contributed by atoms with Gasteiger partial charge in [0.1, 0.15) is 5.82 Å². The van der Waals surface area contributed by atoms with Gasteiger partial charge in [0, 0.05) is 17.1 Å². The van der Waals surface area contributed by atoms with Crippen molar-refractivity contribution in [3.8, 4) is 0 Å². The van der Waals surface area contributed by atoms with Crippen molar-refractivity contribution in [2.45, 2.75) is 33.0 Å². The van der Waals surface area contributed by atoms with Crippen LogP contribution >= 0.6 is 15.9 Å². The molecule has 1 aromatic heterocycles. The summed E-state index contributed by atoms with van der Waals surface area (Å²) in [6.45, 7) is 5.33. The van der Waals surface area contributed by atoms with Gasteiger partial charge in [-0.1, -0.05) is 35.0 Å². The van der Waals surface area contributed by atoms with E-state index < -0.39 is 0 Å². The Morgan fingerprint density at radius 3 is 2.95 bits per heavy atom. The summed E-state index contributed by atoms with van der Waals surface area (Å²) in [5.41, 5.74) is 1.72. The lowest BCUT2D eigenvalue weighted by Gasteiger charge is -2.05. The first-order valence-corrected chi connectivity index (χ1v) is 6.90. The average Bonchev–Trinajstić information content (AvgIpc) is 2.79. The van der Waals surface area contributed by atoms with Gasteiger partial charge in [-0.2, -0.15) is 0 Å². The van der Waals surface area contributed by atoms with Gasteiger partial charge in [-0.15, -0.1) is 5.10 Å². The van der Waals surface area contributed by atoms with Crippen molar-refractivity contribution < 1.29 is 4.39 Å². The van der Waals surface area contributed by atoms with Gasteiger partial charge in [-0.05, 0) is 23.8 Å². The van der Waals surface area contributed by atoms with Gasteiger partial charge in [0.2, 0.25) is 0 Å². The first kappa shape index (κ1) is 14.1. The molecule has 0 aliphatic heterocycles. The van der Waals surface area contributed by atoms with Crippen LogP contribution in [0.5, 0.6) is 0 Å². The monoisotopic (exact) mass is 326 g/mol. The molecule has 0 saturated heterocycles. The Morgan fingerprint density at radius 1 is 1.42 bits per heavy atom. The predicted octanol–water partition coefficient (Wildman–Crippen LogP) is 2.73. The Morgan fingerprint density at radius 2 is 2.21 bits per heavy atom. The molecule has 0 aliphatic carbocycles. The van der Waals surface area contributed by atoms with Crippen LogP contribution in [0.15, 0.2) is 28.9 Å². The largest absolute Gasteiger partial charge is 0.309 e. The molecule has 2 rings (SSSR count). The number of hydrogen-bond donors (Lipinski definition) is 1. The first-order valence-electron chi connectivity index (χ1n) is 6.11. The molecule has 102 valence electrons. The van der Waals surface area contributed by atoms with E-state index in [0.29, 0.717) is 19.1 Å². The molecule has 0 amide bonds. The standard InChI is InChI=1S/C13H16BrFN4/c1-9(2)16-6-12-8-19(18-17-12)7-10-5-11(15)3-4-13(10)14/h3-5,8-9,16H,6-7H2,1-2H3. The van der Waals surface area contributed by atoms with E-state index in [1.165, 1.54) is 12.1 Å². The summed E-state index contributed by atoms with van der Waals surface area (Å²) in [5.74, 6) is -0.250. The fraction of sp³-hybridized carbons (Fsp3) is 0.385. The molecule has 0 atom stereocenters. The molecule has 1 aromatic carbocycles. The zero-order valence-electron chi connectivity index (χ0n) is 10.9. The van der Waals surface area contributed by atoms with Crippen molar-refractivity contribution in [3.63, 3.8) is 0 Å². The van der Waals surface area contributed by atoms with Crippen LogP contribution in [0.25, 0.3) is 0 Å². The number of aromatic nitrogens is 3. The molecule has 0 aliphatic rings. The van der Waals surface area contributed by atoms with Crippen molar-refractivity contribution in [3.05, 3.63) is 45.9 Å². The maximum Gasteiger partial charge on any atom is 0.123 e. The van der Waals surface area contributed by atoms with E-state index in [2.05, 4.69) is 45.4 Å². The number of hydrogen-bond acceptors (Lipinski definition) is 3. The van der Waals surface area contributed by atoms with Crippen molar-refractivity contribution >= 4 is 15.9 Å². The van der Waals surface area contributed by atoms with Gasteiger partial charge in [0.15, 0.2) is 0 Å². The molecule has 6 heteroatoms. The van der Waals surface area contributed by atoms with Gasteiger partial charge in [-0.25, -0.2) is 9.07 Å². The second-order valence-corrected chi connectivity index (χ2v) is 5.53. The molecule has 1 heterocycles. The molecule has 19 heavy (non-hydrogen) atoms. The topological polar surface area (TPSA) is 42.7 Å². The Kier molecular flexibility index (Phi) is 4.66. The fourth-order valence-electron chi connectivity index (χ4n) is 1.64. The van der Waals surface area contributed by atoms with Gasteiger partial charge >= 0.3 is 0 Å². The molecule has 4 nitrogen and oxygen atoms in total. The molecule has 0 saturated carbocycles. The molecule has 1 N–H and O–H groups in total. The van der Waals surface area contributed by atoms with Crippen LogP contribution < -0.4 is 5.32 Å². The number of halogens is 2. The summed E-state index contributed by atoms with van der Waals surface area (Å²) in [6, 6.07) is 5.02. The molecular weight excluding hydrogens is 311 g/mol. The van der Waals surface area contributed by atoms with Gasteiger partial charge in [0.25, 0.3) is 0 Å². The van der Waals surface area contributed by atoms with Gasteiger partial charge in [0.05, 0.1) is 18.4 Å². The predicted molar refractivity (Wildman–Crippen MR) is 75.2 cm³/mol. The summed E-state index contributed by atoms with van der Waals surface area (Å²) in [6.07, 6.45) is 1.87. The number of nitrogens with one attached hydrogen (secondary N) is 1. The number of benzene rings is 1. The number of nitrogens with zero attached hydrogens (tertiary/aromatic N) is 3. The Balaban J connectivity index is 2.05. The van der Waals surface area contributed by atoms with Crippen molar-refractivity contribution in [1.29, 1.82) is 0 Å². The maximum atomic E-state index is 13.2. The van der Waals surface area contributed by atoms with Crippen molar-refractivity contribution in [2.24, 2.45) is 0 Å². The quantitative estimate of drug-likeness (QED) is 0.918. The van der Waals surface area contributed by atoms with Crippen LogP contribution in [0.2, 0.25) is 0 Å². The van der Waals surface area contributed by atoms with Crippen LogP contribution in [0.3, 0.4) is 0 Å². The lowest BCUT2D eigenvalue weighted by Crippen LogP contribution is -2.21. The van der Waals surface area contributed by atoms with Crippen LogP contribution in [0, 0.1) is 5.82 Å². The van der Waals surface area contributed by atoms with E-state index in [-0.39, 0.29) is 5.82 Å². The number of rotatable bonds is 5. The van der Waals surface area contributed by atoms with Gasteiger partial charge in [-0.3, -0.25) is 0 Å². The molecule has 0 bridgehead atoms. The molecular formula is C13H16BrFN4. The molecule has 0 fully saturated rings. The second kappa shape index (κ2) is 6.25. The third kappa shape index (κ3) is 4.11. The van der Waals surface area contributed by atoms with E-state index in [4.69, 9.17) is 0 Å². The van der Waals surface area contributed by atoms with Crippen molar-refractivity contribution in [2.75, 3.05) is 0 Å². The Hall–Kier alpha value is -1.27. The lowest BCUT2D eigenvalue weighted by molar-refractivity contribution is 0.580. The molecule has 2 aromatic rings. The summed E-state index contributed by atoms with van der Waals surface area (Å²) in [4.78, 5) is 0. The van der Waals surface area contributed by atoms with Crippen LogP contribution in [0.1, 0.15) is 25.1 Å². The normalized spacial score (nSPS) is 11.2. The summed E-state index contributed by atoms with van der Waals surface area (Å²) in [7, 11) is 0. The Labute approximate surface area is 120 Å². The third-order valence-corrected chi connectivity index (χ3v) is 3.39. The molecule has 0 radical (unpaired) electrons. The van der Waals surface area contributed by atoms with E-state index >= 15 is 0 Å². The lowest BCUT2D eigenvalue weighted by atomic mass is 10.2. The highest BCUT2D eigenvalue weighted by atomic mass is 79.9. The van der Waals surface area contributed by atoms with Gasteiger partial charge < -0.3 is 5.32 Å². The minimum atomic E-state index is -0.250. The zero-order valence-corrected chi connectivity index (χ0v) is 12.5. The minimum absolute atomic E-state index is 0.250. The van der Waals surface area contributed by atoms with E-state index in [0.717, 1.165) is 15.7 Å². The van der Waals surface area contributed by atoms with E-state index in [9.17, 15) is 4.39 Å². The third-order valence-electron chi connectivity index (χ3n) is 2.62. The van der Waals surface area contributed by atoms with Crippen molar-refractivity contribution in [1.82, 2.24) is 20.3 Å². The first-order chi connectivity index (χ1) is 9.04. The highest BCUT2D eigenvalue weighted by molar-refractivity contribution is 9.10. The zero-order chi connectivity index (χ0) is 13.8. The second-order valence-electron chi connectivity index (χ2n) is 4.68. The fourth-order valence-corrected chi connectivity index (χ4v) is 2.02. The highest BCUT2D eigenvalue weighted by Gasteiger charge is 2.06. The Bertz CT molecular complexity index is 553. The van der Waals surface area contributed by atoms with E-state index in [1.54, 1.807) is 10.7 Å². The van der Waals surface area contributed by atoms with E-state index in [1.807, 2.05) is 6.20 Å². The maximum absolute atomic E-state index is 13.2. The SMILES string of the molecule is CC(C)NCc1cn(Cc2cc(F)ccc2Br)nn1. The molecule has 0 spiro atoms. The van der Waals surface area contributed by atoms with Crippen LogP contribution in [0.4, 0.5) is 4.39 Å². The van der Waals surface area contributed by atoms with Crippen LogP contribution in [-0.4, -0.2) is 21.0 Å². The minimum Gasteiger partial charge on any atom is -0.309 e. The van der Waals surface area contributed by atoms with Crippen LogP contribution in [-0.2, 0) is 13.1 Å². The highest BCUT2D eigenvalue weighted by Crippen LogP contribution is 2.18. The summed E-state index contributed by atoms with van der Waals surface area (Å²) in [5, 5.41) is 11.4. The summed E-state index contributed by atoms with van der Waals surface area (Å²) >= 11 is 3.40. The molecule has 0 unspecified atom stereocenters. The summed E-state index contributed by atoms with van der Waals surface area (Å²) < 4.78 is 15.8.